The molecular weight excluding hydrogens is 268 g/mol. The quantitative estimate of drug-likeness (QED) is 0.594. The fourth-order valence-corrected chi connectivity index (χ4v) is 2.78. The van der Waals surface area contributed by atoms with Crippen molar-refractivity contribution in [3.63, 3.8) is 0 Å². The molecule has 2 fully saturated rings. The van der Waals surface area contributed by atoms with Crippen LogP contribution in [0.3, 0.4) is 0 Å². The van der Waals surface area contributed by atoms with Gasteiger partial charge in [0, 0.05) is 18.2 Å². The first-order chi connectivity index (χ1) is 9.48. The predicted molar refractivity (Wildman–Crippen MR) is 66.4 cm³/mol. The van der Waals surface area contributed by atoms with Crippen LogP contribution in [0.4, 0.5) is 0 Å². The highest BCUT2D eigenvalue weighted by atomic mass is 16.6. The van der Waals surface area contributed by atoms with Gasteiger partial charge < -0.3 is 19.7 Å². The average molecular weight is 284 g/mol. The molecule has 8 heteroatoms. The SMILES string of the molecule is Cc1cn([C@@H]2O[C@@]3(CO)CCO[C@@H]2[C@@H]3O)c(=O)[nH]c1=O. The van der Waals surface area contributed by atoms with Crippen molar-refractivity contribution >= 4 is 0 Å². The molecule has 2 aliphatic rings. The number of aliphatic hydroxyl groups is 2. The number of ether oxygens (including phenoxy) is 2. The number of nitrogens with zero attached hydrogens (tertiary/aromatic N) is 1. The number of aliphatic hydroxyl groups excluding tert-OH is 2. The van der Waals surface area contributed by atoms with E-state index in [0.717, 1.165) is 0 Å². The Morgan fingerprint density at radius 3 is 2.95 bits per heavy atom. The summed E-state index contributed by atoms with van der Waals surface area (Å²) in [6.07, 6.45) is -0.936. The van der Waals surface area contributed by atoms with E-state index in [0.29, 0.717) is 18.6 Å². The van der Waals surface area contributed by atoms with E-state index >= 15 is 0 Å². The summed E-state index contributed by atoms with van der Waals surface area (Å²) in [5.41, 5.74) is -1.87. The molecule has 0 aromatic carbocycles. The van der Waals surface area contributed by atoms with Gasteiger partial charge in [0.2, 0.25) is 0 Å². The molecule has 0 saturated carbocycles. The van der Waals surface area contributed by atoms with Crippen molar-refractivity contribution in [1.29, 1.82) is 0 Å². The van der Waals surface area contributed by atoms with Crippen molar-refractivity contribution in [2.75, 3.05) is 13.2 Å². The molecule has 2 aliphatic heterocycles. The number of hydrogen-bond donors (Lipinski definition) is 3. The van der Waals surface area contributed by atoms with Crippen LogP contribution in [0.15, 0.2) is 15.8 Å². The summed E-state index contributed by atoms with van der Waals surface area (Å²) in [5, 5.41) is 19.7. The molecule has 0 aliphatic carbocycles. The minimum absolute atomic E-state index is 0.329. The van der Waals surface area contributed by atoms with Gasteiger partial charge in [-0.25, -0.2) is 4.79 Å². The number of aryl methyl sites for hydroxylation is 1. The third-order valence-corrected chi connectivity index (χ3v) is 4.01. The lowest BCUT2D eigenvalue weighted by Gasteiger charge is -2.33. The monoisotopic (exact) mass is 284 g/mol. The zero-order valence-corrected chi connectivity index (χ0v) is 10.9. The third kappa shape index (κ3) is 1.76. The number of rotatable bonds is 2. The lowest BCUT2D eigenvalue weighted by molar-refractivity contribution is -0.144. The summed E-state index contributed by atoms with van der Waals surface area (Å²) in [6, 6.07) is 0. The van der Waals surface area contributed by atoms with Crippen LogP contribution in [0.2, 0.25) is 0 Å². The van der Waals surface area contributed by atoms with Crippen LogP contribution in [-0.2, 0) is 9.47 Å². The Kier molecular flexibility index (Phi) is 3.05. The molecule has 8 nitrogen and oxygen atoms in total. The van der Waals surface area contributed by atoms with Crippen LogP contribution in [0.1, 0.15) is 18.2 Å². The second-order valence-corrected chi connectivity index (χ2v) is 5.24. The highest BCUT2D eigenvalue weighted by Gasteiger charge is 2.58. The van der Waals surface area contributed by atoms with Crippen molar-refractivity contribution in [2.45, 2.75) is 37.4 Å². The average Bonchev–Trinajstić information content (AvgIpc) is 2.60. The Balaban J connectivity index is 2.06. The maximum Gasteiger partial charge on any atom is 0.330 e. The van der Waals surface area contributed by atoms with Crippen LogP contribution in [0, 0.1) is 6.92 Å². The normalized spacial score (nSPS) is 36.2. The Morgan fingerprint density at radius 2 is 2.30 bits per heavy atom. The minimum Gasteiger partial charge on any atom is -0.393 e. The molecule has 2 saturated heterocycles. The summed E-state index contributed by atoms with van der Waals surface area (Å²) >= 11 is 0. The van der Waals surface area contributed by atoms with Crippen LogP contribution in [-0.4, -0.2) is 50.8 Å². The van der Waals surface area contributed by atoms with Gasteiger partial charge in [-0.05, 0) is 6.92 Å². The van der Waals surface area contributed by atoms with Gasteiger partial charge >= 0.3 is 5.69 Å². The van der Waals surface area contributed by atoms with Crippen molar-refractivity contribution in [3.05, 3.63) is 32.6 Å². The highest BCUT2D eigenvalue weighted by molar-refractivity contribution is 5.07. The van der Waals surface area contributed by atoms with Crippen molar-refractivity contribution in [3.8, 4) is 0 Å². The van der Waals surface area contributed by atoms with E-state index in [2.05, 4.69) is 4.98 Å². The first-order valence-electron chi connectivity index (χ1n) is 6.39. The van der Waals surface area contributed by atoms with Gasteiger partial charge in [0.15, 0.2) is 6.23 Å². The Morgan fingerprint density at radius 1 is 1.55 bits per heavy atom. The molecule has 3 rings (SSSR count). The lowest BCUT2D eigenvalue weighted by Crippen LogP contribution is -2.51. The predicted octanol–water partition coefficient (Wildman–Crippen LogP) is -1.75. The van der Waals surface area contributed by atoms with Gasteiger partial charge in [-0.3, -0.25) is 14.3 Å². The summed E-state index contributed by atoms with van der Waals surface area (Å²) in [4.78, 5) is 25.5. The van der Waals surface area contributed by atoms with Crippen molar-refractivity contribution in [1.82, 2.24) is 9.55 Å². The fraction of sp³-hybridized carbons (Fsp3) is 0.667. The van der Waals surface area contributed by atoms with Gasteiger partial charge in [0.1, 0.15) is 17.8 Å². The first kappa shape index (κ1) is 13.5. The van der Waals surface area contributed by atoms with E-state index in [9.17, 15) is 19.8 Å². The molecule has 1 aromatic rings. The van der Waals surface area contributed by atoms with E-state index in [1.807, 2.05) is 0 Å². The van der Waals surface area contributed by atoms with E-state index in [1.54, 1.807) is 6.92 Å². The fourth-order valence-electron chi connectivity index (χ4n) is 2.78. The van der Waals surface area contributed by atoms with Crippen LogP contribution in [0.25, 0.3) is 0 Å². The van der Waals surface area contributed by atoms with Gasteiger partial charge in [-0.15, -0.1) is 0 Å². The van der Waals surface area contributed by atoms with Crippen LogP contribution < -0.4 is 11.2 Å². The molecular formula is C12H16N2O6. The van der Waals surface area contributed by atoms with Crippen LogP contribution in [0.5, 0.6) is 0 Å². The van der Waals surface area contributed by atoms with E-state index < -0.39 is 35.3 Å². The number of aromatic amines is 1. The number of aromatic nitrogens is 2. The van der Waals surface area contributed by atoms with Crippen molar-refractivity contribution < 1.29 is 19.7 Å². The molecule has 0 radical (unpaired) electrons. The van der Waals surface area contributed by atoms with Gasteiger partial charge in [0.05, 0.1) is 13.2 Å². The minimum atomic E-state index is -1.11. The molecule has 2 bridgehead atoms. The third-order valence-electron chi connectivity index (χ3n) is 4.01. The number of nitrogens with one attached hydrogen (secondary N) is 1. The molecule has 0 unspecified atom stereocenters. The maximum atomic E-state index is 11.9. The molecule has 1 aromatic heterocycles. The smallest absolute Gasteiger partial charge is 0.330 e. The van der Waals surface area contributed by atoms with E-state index in [-0.39, 0.29) is 6.61 Å². The summed E-state index contributed by atoms with van der Waals surface area (Å²) in [7, 11) is 0. The van der Waals surface area contributed by atoms with E-state index in [1.165, 1.54) is 10.8 Å². The molecule has 20 heavy (non-hydrogen) atoms. The summed E-state index contributed by atoms with van der Waals surface area (Å²) in [6.45, 7) is 1.53. The molecule has 3 heterocycles. The number of hydrogen-bond acceptors (Lipinski definition) is 6. The summed E-state index contributed by atoms with van der Waals surface area (Å²) < 4.78 is 12.4. The Hall–Kier alpha value is -1.48. The van der Waals surface area contributed by atoms with Crippen molar-refractivity contribution in [2.24, 2.45) is 0 Å². The molecule has 110 valence electrons. The Labute approximate surface area is 113 Å². The highest BCUT2D eigenvalue weighted by Crippen LogP contribution is 2.43. The van der Waals surface area contributed by atoms with Gasteiger partial charge in [0.25, 0.3) is 5.56 Å². The molecule has 0 amide bonds. The molecule has 3 N–H and O–H groups in total. The first-order valence-corrected chi connectivity index (χ1v) is 6.39. The zero-order valence-electron chi connectivity index (χ0n) is 10.9. The van der Waals surface area contributed by atoms with E-state index in [4.69, 9.17) is 9.47 Å². The lowest BCUT2D eigenvalue weighted by atomic mass is 9.90. The standard InChI is InChI=1S/C12H16N2O6/c1-6-4-14(11(18)13-9(6)17)10-7-8(16)12(5-15,20-10)2-3-19-7/h4,7-8,10,15-16H,2-3,5H2,1H3,(H,13,17,18)/t7-,8+,10-,12-/m1/s1. The maximum absolute atomic E-state index is 11.9. The molecule has 4 atom stereocenters. The topological polar surface area (TPSA) is 114 Å². The second-order valence-electron chi connectivity index (χ2n) is 5.24. The zero-order chi connectivity index (χ0) is 14.5. The molecule has 0 spiro atoms. The van der Waals surface area contributed by atoms with Gasteiger partial charge in [-0.1, -0.05) is 0 Å². The second kappa shape index (κ2) is 4.52. The Bertz CT molecular complexity index is 638. The number of fused-ring (bicyclic) bond motifs is 2. The number of H-pyrrole nitrogens is 1. The summed E-state index contributed by atoms with van der Waals surface area (Å²) in [5.74, 6) is 0. The van der Waals surface area contributed by atoms with Gasteiger partial charge in [-0.2, -0.15) is 0 Å². The largest absolute Gasteiger partial charge is 0.393 e. The van der Waals surface area contributed by atoms with Crippen LogP contribution >= 0.6 is 0 Å².